The third kappa shape index (κ3) is 4.17. The molecule has 1 heterocycles. The Morgan fingerprint density at radius 2 is 0.933 bits per heavy atom. The molecule has 0 bridgehead atoms. The second-order valence-corrected chi connectivity index (χ2v) is 10.3. The zero-order valence-electron chi connectivity index (χ0n) is 41.2. The van der Waals surface area contributed by atoms with Crippen LogP contribution >= 0.6 is 0 Å². The number of hydrogen-bond donors (Lipinski definition) is 0. The number of hydrogen-bond acceptors (Lipinski definition) is 1. The van der Waals surface area contributed by atoms with Crippen molar-refractivity contribution in [2.45, 2.75) is 0 Å². The van der Waals surface area contributed by atoms with E-state index in [1.165, 1.54) is 36.4 Å². The maximum absolute atomic E-state index is 9.44. The number of rotatable bonds is 4. The van der Waals surface area contributed by atoms with Crippen LogP contribution in [0.25, 0.3) is 88.0 Å². The highest BCUT2D eigenvalue weighted by atomic mass is 16.3. The van der Waals surface area contributed by atoms with Crippen molar-refractivity contribution in [2.75, 3.05) is 0 Å². The lowest BCUT2D eigenvalue weighted by Crippen LogP contribution is -1.92. The van der Waals surface area contributed by atoms with Gasteiger partial charge in [0.15, 0.2) is 0 Å². The quantitative estimate of drug-likeness (QED) is 0.186. The number of furan rings is 1. The van der Waals surface area contributed by atoms with Crippen molar-refractivity contribution in [3.05, 3.63) is 169 Å². The van der Waals surface area contributed by atoms with Crippen molar-refractivity contribution in [1.82, 2.24) is 0 Å². The van der Waals surface area contributed by atoms with Crippen LogP contribution < -0.4 is 0 Å². The van der Waals surface area contributed by atoms with E-state index in [1.807, 2.05) is 0 Å². The summed E-state index contributed by atoms with van der Waals surface area (Å²) in [5.74, 6) is 0. The molecule has 0 saturated heterocycles. The summed E-state index contributed by atoms with van der Waals surface area (Å²) in [4.78, 5) is 0. The molecular formula is C44H28O. The summed E-state index contributed by atoms with van der Waals surface area (Å²) in [6.45, 7) is 0. The monoisotopic (exact) mass is 590 g/mol. The molecule has 210 valence electrons. The molecule has 0 aliphatic heterocycles. The summed E-state index contributed by atoms with van der Waals surface area (Å²) in [5, 5.41) is 0.134. The van der Waals surface area contributed by atoms with E-state index in [0.29, 0.717) is 16.4 Å². The fraction of sp³-hybridized carbons (Fsp3) is 0. The molecule has 45 heavy (non-hydrogen) atoms. The van der Waals surface area contributed by atoms with E-state index in [9.17, 15) is 5.48 Å². The largest absolute Gasteiger partial charge is 0.456 e. The molecule has 0 fully saturated rings. The Balaban J connectivity index is 1.53. The van der Waals surface area contributed by atoms with Gasteiger partial charge in [0.25, 0.3) is 0 Å². The molecule has 0 N–H and O–H groups in total. The van der Waals surface area contributed by atoms with E-state index in [0.717, 1.165) is 0 Å². The lowest BCUT2D eigenvalue weighted by Gasteiger charge is -2.19. The molecule has 0 aliphatic rings. The molecule has 9 aromatic rings. The maximum Gasteiger partial charge on any atom is 0.136 e. The van der Waals surface area contributed by atoms with Crippen LogP contribution in [0, 0.1) is 0 Å². The van der Waals surface area contributed by atoms with Crippen LogP contribution in [0.3, 0.4) is 0 Å². The van der Waals surface area contributed by atoms with Gasteiger partial charge in [0.1, 0.15) is 11.2 Å². The van der Waals surface area contributed by atoms with Crippen molar-refractivity contribution < 1.29 is 29.1 Å². The normalized spacial score (nSPS) is 17.2. The standard InChI is InChI=1S/C44H28O/c1-3-14-29(15-4-1)31-18-13-19-32(26-31)42-34-20-7-9-22-36(34)43(37-23-10-8-21-35(37)42)33-27-39(30-16-5-2-6-17-30)44-38-24-11-12-25-40(38)45-41(44)28-33/h1-28H/i1D,2D,3D,4D,5D,6D,7D,8D,9D,10D,14D,15D,16D,17D,20D,21D,22D,23D. The van der Waals surface area contributed by atoms with Crippen LogP contribution in [-0.4, -0.2) is 0 Å². The van der Waals surface area contributed by atoms with E-state index in [2.05, 4.69) is 0 Å². The van der Waals surface area contributed by atoms with Crippen molar-refractivity contribution in [2.24, 2.45) is 0 Å². The molecule has 0 atom stereocenters. The minimum atomic E-state index is -0.677. The Morgan fingerprint density at radius 3 is 1.60 bits per heavy atom. The Hall–Kier alpha value is -5.92. The van der Waals surface area contributed by atoms with Crippen LogP contribution in [0.4, 0.5) is 0 Å². The molecule has 0 unspecified atom stereocenters. The van der Waals surface area contributed by atoms with Crippen LogP contribution in [-0.2, 0) is 0 Å². The van der Waals surface area contributed by atoms with Crippen molar-refractivity contribution >= 4 is 43.5 Å². The van der Waals surface area contributed by atoms with Gasteiger partial charge >= 0.3 is 0 Å². The van der Waals surface area contributed by atoms with E-state index < -0.39 is 109 Å². The molecule has 1 heteroatoms. The highest BCUT2D eigenvalue weighted by molar-refractivity contribution is 6.23. The molecule has 0 saturated carbocycles. The highest BCUT2D eigenvalue weighted by Gasteiger charge is 2.20. The third-order valence-corrected chi connectivity index (χ3v) is 7.85. The molecule has 9 rings (SSSR count). The van der Waals surface area contributed by atoms with E-state index in [1.54, 1.807) is 24.3 Å². The predicted octanol–water partition coefficient (Wildman–Crippen LogP) is 12.6. The maximum atomic E-state index is 9.44. The predicted molar refractivity (Wildman–Crippen MR) is 190 cm³/mol. The lowest BCUT2D eigenvalue weighted by molar-refractivity contribution is 0.669. The minimum Gasteiger partial charge on any atom is -0.456 e. The van der Waals surface area contributed by atoms with Crippen LogP contribution in [0.5, 0.6) is 0 Å². The highest BCUT2D eigenvalue weighted by Crippen LogP contribution is 2.47. The Morgan fingerprint density at radius 1 is 0.378 bits per heavy atom. The average Bonchev–Trinajstić information content (AvgIpc) is 3.66. The molecule has 1 nitrogen and oxygen atoms in total. The minimum absolute atomic E-state index is 0.0624. The van der Waals surface area contributed by atoms with Gasteiger partial charge in [-0.25, -0.2) is 0 Å². The SMILES string of the molecule is [2H]c1c([2H])c([2H])c(-c2cccc(-c3c4c([2H])c([2H])c([2H])c([2H])c4c(-c4cc(-c5c([2H])c([2H])c([2H])c([2H])c5[2H])c5c(c4)oc4ccccc45)c4c([2H])c([2H])c([2H])c([2H])c34)c2)c([2H])c1[2H]. The smallest absolute Gasteiger partial charge is 0.136 e. The van der Waals surface area contributed by atoms with Gasteiger partial charge in [-0.05, 0) is 90.3 Å². The summed E-state index contributed by atoms with van der Waals surface area (Å²) < 4.78 is 165. The topological polar surface area (TPSA) is 13.1 Å². The summed E-state index contributed by atoms with van der Waals surface area (Å²) in [7, 11) is 0. The van der Waals surface area contributed by atoms with Gasteiger partial charge in [0.2, 0.25) is 0 Å². The van der Waals surface area contributed by atoms with Crippen molar-refractivity contribution in [1.29, 1.82) is 0 Å². The Labute approximate surface area is 286 Å². The Kier molecular flexibility index (Phi) is 3.08. The molecular weight excluding hydrogens is 544 g/mol. The summed E-state index contributed by atoms with van der Waals surface area (Å²) in [6.07, 6.45) is 0. The summed E-state index contributed by atoms with van der Waals surface area (Å²) >= 11 is 0. The third-order valence-electron chi connectivity index (χ3n) is 7.85. The van der Waals surface area contributed by atoms with E-state index >= 15 is 0 Å². The van der Waals surface area contributed by atoms with Gasteiger partial charge in [-0.3, -0.25) is 0 Å². The van der Waals surface area contributed by atoms with Gasteiger partial charge < -0.3 is 4.42 Å². The first kappa shape index (κ1) is 13.4. The fourth-order valence-electron chi connectivity index (χ4n) is 6.01. The fourth-order valence-corrected chi connectivity index (χ4v) is 6.01. The van der Waals surface area contributed by atoms with Gasteiger partial charge in [0, 0.05) is 10.8 Å². The number of para-hydroxylation sites is 1. The number of fused-ring (bicyclic) bond motifs is 5. The average molecular weight is 591 g/mol. The van der Waals surface area contributed by atoms with Crippen LogP contribution in [0.1, 0.15) is 24.7 Å². The van der Waals surface area contributed by atoms with Crippen LogP contribution in [0.2, 0.25) is 0 Å². The van der Waals surface area contributed by atoms with E-state index in [-0.39, 0.29) is 71.6 Å². The molecule has 0 spiro atoms. The van der Waals surface area contributed by atoms with Crippen molar-refractivity contribution in [3.63, 3.8) is 0 Å². The first-order chi connectivity index (χ1) is 29.8. The molecule has 1 aromatic heterocycles. The molecule has 0 radical (unpaired) electrons. The van der Waals surface area contributed by atoms with E-state index in [4.69, 9.17) is 23.6 Å². The molecule has 0 amide bonds. The first-order valence-corrected chi connectivity index (χ1v) is 14.0. The second kappa shape index (κ2) is 10.4. The van der Waals surface area contributed by atoms with Gasteiger partial charge in [-0.1, -0.05) is 145 Å². The van der Waals surface area contributed by atoms with Gasteiger partial charge in [-0.15, -0.1) is 0 Å². The lowest BCUT2D eigenvalue weighted by atomic mass is 9.84. The Bertz CT molecular complexity index is 3420. The zero-order valence-corrected chi connectivity index (χ0v) is 23.2. The summed E-state index contributed by atoms with van der Waals surface area (Å²) in [5.41, 5.74) is 0.358. The zero-order chi connectivity index (χ0) is 45.4. The van der Waals surface area contributed by atoms with Crippen molar-refractivity contribution in [3.8, 4) is 44.5 Å². The molecule has 0 aliphatic carbocycles. The number of benzene rings is 8. The van der Waals surface area contributed by atoms with Gasteiger partial charge in [-0.2, -0.15) is 0 Å². The second-order valence-electron chi connectivity index (χ2n) is 10.3. The molecule has 8 aromatic carbocycles. The van der Waals surface area contributed by atoms with Gasteiger partial charge in [0.05, 0.1) is 24.7 Å². The summed E-state index contributed by atoms with van der Waals surface area (Å²) in [6, 6.07) is 4.95. The van der Waals surface area contributed by atoms with Crippen LogP contribution in [0.15, 0.2) is 174 Å². The first-order valence-electron chi connectivity index (χ1n) is 23.0.